The summed E-state index contributed by atoms with van der Waals surface area (Å²) in [6, 6.07) is 21.1. The van der Waals surface area contributed by atoms with Gasteiger partial charge in [-0.2, -0.15) is 0 Å². The van der Waals surface area contributed by atoms with Crippen LogP contribution in [-0.2, 0) is 9.59 Å². The highest BCUT2D eigenvalue weighted by atomic mass is 16.2. The standard InChI is InChI=1S/C38H38N6O4/c1-25-7-15-29(23-39-25)37(47)43-21-3-5-33(43)35(45)41-31-17-11-27(12-18-31)9-10-28-13-19-32(20-14-28)42-36(46)34-6-4-22-44(34)38(48)30-16-8-26(2)40-24-30/h7-20,23-24,33-34H,3-6,21-22H2,1-2H3,(H,41,45)(H,42,46)/t33-,34-/m0/s1. The number of anilines is 2. The van der Waals surface area contributed by atoms with Crippen LogP contribution in [-0.4, -0.2) is 68.6 Å². The van der Waals surface area contributed by atoms with Gasteiger partial charge in [-0.05, 0) is 99.2 Å². The van der Waals surface area contributed by atoms with Crippen molar-refractivity contribution in [2.75, 3.05) is 23.7 Å². The van der Waals surface area contributed by atoms with Gasteiger partial charge in [0.2, 0.25) is 11.8 Å². The zero-order chi connectivity index (χ0) is 33.6. The minimum atomic E-state index is -0.526. The molecular weight excluding hydrogens is 604 g/mol. The van der Waals surface area contributed by atoms with Gasteiger partial charge in [0.1, 0.15) is 12.1 Å². The molecule has 0 unspecified atom stereocenters. The van der Waals surface area contributed by atoms with Crippen molar-refractivity contribution < 1.29 is 19.2 Å². The number of carbonyl (C=O) groups excluding carboxylic acids is 4. The number of rotatable bonds is 8. The fourth-order valence-electron chi connectivity index (χ4n) is 6.08. The first kappa shape index (κ1) is 32.3. The van der Waals surface area contributed by atoms with Gasteiger partial charge in [0.05, 0.1) is 11.1 Å². The van der Waals surface area contributed by atoms with E-state index in [1.165, 1.54) is 0 Å². The third-order valence-electron chi connectivity index (χ3n) is 8.77. The van der Waals surface area contributed by atoms with E-state index in [1.807, 2.05) is 74.5 Å². The SMILES string of the molecule is Cc1ccc(C(=O)N2CCC[C@H]2C(=O)Nc2ccc(C=Cc3ccc(NC(=O)[C@@H]4CCCN4C(=O)c4ccc(C)nc4)cc3)cc2)cn1. The summed E-state index contributed by atoms with van der Waals surface area (Å²) in [6.45, 7) is 4.80. The average Bonchev–Trinajstić information content (AvgIpc) is 3.80. The quantitative estimate of drug-likeness (QED) is 0.236. The Morgan fingerprint density at radius 2 is 1.00 bits per heavy atom. The second kappa shape index (κ2) is 14.4. The zero-order valence-electron chi connectivity index (χ0n) is 27.1. The lowest BCUT2D eigenvalue weighted by atomic mass is 10.1. The highest BCUT2D eigenvalue weighted by Gasteiger charge is 2.36. The van der Waals surface area contributed by atoms with Crippen LogP contribution < -0.4 is 10.6 Å². The Balaban J connectivity index is 1.01. The number of likely N-dealkylation sites (tertiary alicyclic amines) is 2. The van der Waals surface area contributed by atoms with Crippen LogP contribution in [0.25, 0.3) is 12.2 Å². The summed E-state index contributed by atoms with van der Waals surface area (Å²) in [5, 5.41) is 5.92. The molecule has 0 saturated carbocycles. The van der Waals surface area contributed by atoms with E-state index >= 15 is 0 Å². The van der Waals surface area contributed by atoms with Crippen LogP contribution in [0.1, 0.15) is 68.9 Å². The number of carbonyl (C=O) groups is 4. The van der Waals surface area contributed by atoms with Crippen LogP contribution in [0.2, 0.25) is 0 Å². The van der Waals surface area contributed by atoms with Crippen LogP contribution >= 0.6 is 0 Å². The third-order valence-corrected chi connectivity index (χ3v) is 8.77. The first-order valence-corrected chi connectivity index (χ1v) is 16.2. The number of aromatic nitrogens is 2. The number of hydrogen-bond donors (Lipinski definition) is 2. The summed E-state index contributed by atoms with van der Waals surface area (Å²) in [5.74, 6) is -0.765. The van der Waals surface area contributed by atoms with E-state index in [4.69, 9.17) is 0 Å². The van der Waals surface area contributed by atoms with Crippen molar-refractivity contribution in [3.05, 3.63) is 119 Å². The molecule has 0 bridgehead atoms. The molecule has 4 heterocycles. The van der Waals surface area contributed by atoms with Crippen molar-refractivity contribution in [3.63, 3.8) is 0 Å². The third kappa shape index (κ3) is 7.49. The van der Waals surface area contributed by atoms with Gasteiger partial charge in [0.15, 0.2) is 0 Å². The minimum absolute atomic E-state index is 0.181. The van der Waals surface area contributed by atoms with E-state index in [-0.39, 0.29) is 23.6 Å². The molecule has 2 fully saturated rings. The maximum atomic E-state index is 13.1. The van der Waals surface area contributed by atoms with Gasteiger partial charge in [0.25, 0.3) is 11.8 Å². The van der Waals surface area contributed by atoms with E-state index in [0.717, 1.165) is 35.4 Å². The van der Waals surface area contributed by atoms with Crippen molar-refractivity contribution in [1.29, 1.82) is 0 Å². The van der Waals surface area contributed by atoms with Crippen molar-refractivity contribution in [1.82, 2.24) is 19.8 Å². The first-order valence-electron chi connectivity index (χ1n) is 16.2. The van der Waals surface area contributed by atoms with Crippen molar-refractivity contribution in [2.24, 2.45) is 0 Å². The van der Waals surface area contributed by atoms with E-state index in [2.05, 4.69) is 20.6 Å². The molecule has 6 rings (SSSR count). The number of amides is 4. The molecule has 2 saturated heterocycles. The smallest absolute Gasteiger partial charge is 0.256 e. The molecule has 0 aliphatic carbocycles. The summed E-state index contributed by atoms with van der Waals surface area (Å²) >= 11 is 0. The molecule has 244 valence electrons. The molecule has 10 heteroatoms. The second-order valence-corrected chi connectivity index (χ2v) is 12.2. The van der Waals surface area contributed by atoms with E-state index < -0.39 is 12.1 Å². The van der Waals surface area contributed by atoms with E-state index in [9.17, 15) is 19.2 Å². The Morgan fingerprint density at radius 1 is 0.604 bits per heavy atom. The molecule has 4 aromatic rings. The summed E-state index contributed by atoms with van der Waals surface area (Å²) < 4.78 is 0. The van der Waals surface area contributed by atoms with Gasteiger partial charge < -0.3 is 20.4 Å². The molecule has 2 aliphatic rings. The number of hydrogen-bond acceptors (Lipinski definition) is 6. The molecular formula is C38H38N6O4. The topological polar surface area (TPSA) is 125 Å². The molecule has 10 nitrogen and oxygen atoms in total. The molecule has 0 radical (unpaired) electrons. The summed E-state index contributed by atoms with van der Waals surface area (Å²) in [4.78, 5) is 64.0. The largest absolute Gasteiger partial charge is 0.327 e. The summed E-state index contributed by atoms with van der Waals surface area (Å²) in [6.07, 6.45) is 9.83. The van der Waals surface area contributed by atoms with Crippen LogP contribution in [0.4, 0.5) is 11.4 Å². The molecule has 2 aromatic heterocycles. The Bertz CT molecular complexity index is 1680. The lowest BCUT2D eigenvalue weighted by Crippen LogP contribution is -2.43. The van der Waals surface area contributed by atoms with Crippen LogP contribution in [0.3, 0.4) is 0 Å². The van der Waals surface area contributed by atoms with Crippen molar-refractivity contribution in [2.45, 2.75) is 51.6 Å². The number of pyridine rings is 2. The molecule has 4 amide bonds. The van der Waals surface area contributed by atoms with Gasteiger partial charge >= 0.3 is 0 Å². The van der Waals surface area contributed by atoms with Crippen molar-refractivity contribution in [3.8, 4) is 0 Å². The predicted octanol–water partition coefficient (Wildman–Crippen LogP) is 5.75. The highest BCUT2D eigenvalue weighted by molar-refractivity contribution is 6.02. The first-order chi connectivity index (χ1) is 23.2. The van der Waals surface area contributed by atoms with Gasteiger partial charge in [0, 0.05) is 48.2 Å². The zero-order valence-corrected chi connectivity index (χ0v) is 27.1. The molecule has 2 aliphatic heterocycles. The van der Waals surface area contributed by atoms with Gasteiger partial charge in [-0.3, -0.25) is 29.1 Å². The van der Waals surface area contributed by atoms with Gasteiger partial charge in [-0.25, -0.2) is 0 Å². The summed E-state index contributed by atoms with van der Waals surface area (Å²) in [7, 11) is 0. The number of benzene rings is 2. The Labute approximate surface area is 279 Å². The normalized spacial score (nSPS) is 17.5. The minimum Gasteiger partial charge on any atom is -0.327 e. The molecule has 2 aromatic carbocycles. The predicted molar refractivity (Wildman–Crippen MR) is 185 cm³/mol. The highest BCUT2D eigenvalue weighted by Crippen LogP contribution is 2.24. The van der Waals surface area contributed by atoms with E-state index in [1.54, 1.807) is 46.5 Å². The molecule has 48 heavy (non-hydrogen) atoms. The van der Waals surface area contributed by atoms with Crippen molar-refractivity contribution >= 4 is 47.2 Å². The lowest BCUT2D eigenvalue weighted by Gasteiger charge is -2.24. The monoisotopic (exact) mass is 642 g/mol. The second-order valence-electron chi connectivity index (χ2n) is 12.2. The average molecular weight is 643 g/mol. The molecule has 2 atom stereocenters. The number of nitrogens with zero attached hydrogens (tertiary/aromatic N) is 4. The molecule has 2 N–H and O–H groups in total. The summed E-state index contributed by atoms with van der Waals surface area (Å²) in [5.41, 5.74) is 5.85. The van der Waals surface area contributed by atoms with Crippen LogP contribution in [0.15, 0.2) is 85.2 Å². The number of nitrogens with one attached hydrogen (secondary N) is 2. The maximum Gasteiger partial charge on any atom is 0.256 e. The van der Waals surface area contributed by atoms with E-state index in [0.29, 0.717) is 48.4 Å². The number of aryl methyl sites for hydroxylation is 2. The Morgan fingerprint density at radius 3 is 1.35 bits per heavy atom. The Hall–Kier alpha value is -5.64. The van der Waals surface area contributed by atoms with Gasteiger partial charge in [-0.15, -0.1) is 0 Å². The van der Waals surface area contributed by atoms with Crippen LogP contribution in [0, 0.1) is 13.8 Å². The fourth-order valence-corrected chi connectivity index (χ4v) is 6.08. The maximum absolute atomic E-state index is 13.1. The van der Waals surface area contributed by atoms with Gasteiger partial charge in [-0.1, -0.05) is 36.4 Å². The molecule has 0 spiro atoms. The fraction of sp³-hybridized carbons (Fsp3) is 0.263. The van der Waals surface area contributed by atoms with Crippen LogP contribution in [0.5, 0.6) is 0 Å². The lowest BCUT2D eigenvalue weighted by molar-refractivity contribution is -0.120. The Kier molecular flexibility index (Phi) is 9.70.